The molecule has 0 aliphatic carbocycles. The molecule has 1 N–H and O–H groups in total. The first-order valence-electron chi connectivity index (χ1n) is 5.11. The van der Waals surface area contributed by atoms with Crippen molar-refractivity contribution in [2.75, 3.05) is 20.3 Å². The average Bonchev–Trinajstić information content (AvgIpc) is 2.26. The summed E-state index contributed by atoms with van der Waals surface area (Å²) in [7, 11) is 1.64. The Morgan fingerprint density at radius 1 is 1.38 bits per heavy atom. The van der Waals surface area contributed by atoms with Crippen LogP contribution in [-0.2, 0) is 4.74 Å². The number of methoxy groups -OCH3 is 1. The summed E-state index contributed by atoms with van der Waals surface area (Å²) in [6, 6.07) is 5.02. The Labute approximate surface area is 94.8 Å². The molecule has 88 valence electrons. The summed E-state index contributed by atoms with van der Waals surface area (Å²) in [5.41, 5.74) is 0.941. The highest BCUT2D eigenvalue weighted by Gasteiger charge is 2.10. The van der Waals surface area contributed by atoms with Gasteiger partial charge in [0, 0.05) is 25.7 Å². The third kappa shape index (κ3) is 3.24. The van der Waals surface area contributed by atoms with Crippen molar-refractivity contribution in [3.05, 3.63) is 29.3 Å². The van der Waals surface area contributed by atoms with Crippen LogP contribution in [0.15, 0.2) is 18.2 Å². The minimum Gasteiger partial charge on any atom is -0.493 e. The van der Waals surface area contributed by atoms with Crippen LogP contribution in [0.25, 0.3) is 0 Å². The Balaban J connectivity index is 2.66. The number of rotatable bonds is 6. The van der Waals surface area contributed by atoms with Gasteiger partial charge in [-0.3, -0.25) is 0 Å². The predicted octanol–water partition coefficient (Wildman–Crippen LogP) is 2.11. The first-order valence-corrected chi connectivity index (χ1v) is 5.11. The molecular formula is C12H16O4. The van der Waals surface area contributed by atoms with Gasteiger partial charge in [0.25, 0.3) is 0 Å². The SMILES string of the molecule is COCCCOc1cccc(C(=O)O)c1C. The number of carboxylic acid groups (broad SMARTS) is 1. The standard InChI is InChI=1S/C12H16O4/c1-9-10(12(13)14)5-3-6-11(9)16-8-4-7-15-2/h3,5-6H,4,7-8H2,1-2H3,(H,13,14). The number of carboxylic acids is 1. The molecule has 16 heavy (non-hydrogen) atoms. The summed E-state index contributed by atoms with van der Waals surface area (Å²) in [4.78, 5) is 10.9. The maximum Gasteiger partial charge on any atom is 0.336 e. The lowest BCUT2D eigenvalue weighted by atomic mass is 10.1. The van der Waals surface area contributed by atoms with E-state index in [-0.39, 0.29) is 5.56 Å². The molecule has 1 rings (SSSR count). The van der Waals surface area contributed by atoms with Crippen molar-refractivity contribution in [1.82, 2.24) is 0 Å². The Hall–Kier alpha value is -1.55. The molecule has 4 heteroatoms. The van der Waals surface area contributed by atoms with Crippen molar-refractivity contribution in [3.63, 3.8) is 0 Å². The zero-order valence-electron chi connectivity index (χ0n) is 9.53. The molecule has 0 aromatic heterocycles. The van der Waals surface area contributed by atoms with Crippen LogP contribution in [0.2, 0.25) is 0 Å². The van der Waals surface area contributed by atoms with Crippen LogP contribution in [0.5, 0.6) is 5.75 Å². The van der Waals surface area contributed by atoms with Gasteiger partial charge in [-0.2, -0.15) is 0 Å². The van der Waals surface area contributed by atoms with Crippen LogP contribution in [0.3, 0.4) is 0 Å². The second-order valence-electron chi connectivity index (χ2n) is 3.43. The quantitative estimate of drug-likeness (QED) is 0.752. The molecule has 0 saturated heterocycles. The Kier molecular flexibility index (Phi) is 4.79. The Bertz CT molecular complexity index is 360. The number of aromatic carboxylic acids is 1. The first-order chi connectivity index (χ1) is 7.66. The highest BCUT2D eigenvalue weighted by Crippen LogP contribution is 2.21. The van der Waals surface area contributed by atoms with E-state index >= 15 is 0 Å². The minimum absolute atomic E-state index is 0.282. The highest BCUT2D eigenvalue weighted by molar-refractivity contribution is 5.90. The van der Waals surface area contributed by atoms with Gasteiger partial charge in [-0.05, 0) is 19.1 Å². The first kappa shape index (κ1) is 12.5. The van der Waals surface area contributed by atoms with Gasteiger partial charge in [0.2, 0.25) is 0 Å². The van der Waals surface area contributed by atoms with Gasteiger partial charge in [-0.15, -0.1) is 0 Å². The maximum atomic E-state index is 10.9. The lowest BCUT2D eigenvalue weighted by Crippen LogP contribution is -2.05. The molecule has 0 saturated carbocycles. The molecule has 0 aliphatic rings. The number of hydrogen-bond acceptors (Lipinski definition) is 3. The Morgan fingerprint density at radius 3 is 2.75 bits per heavy atom. The Morgan fingerprint density at radius 2 is 2.12 bits per heavy atom. The second kappa shape index (κ2) is 6.12. The third-order valence-electron chi connectivity index (χ3n) is 2.26. The second-order valence-corrected chi connectivity index (χ2v) is 3.43. The molecular weight excluding hydrogens is 208 g/mol. The van der Waals surface area contributed by atoms with Crippen LogP contribution < -0.4 is 4.74 Å². The van der Waals surface area contributed by atoms with Crippen molar-refractivity contribution in [2.45, 2.75) is 13.3 Å². The van der Waals surface area contributed by atoms with E-state index < -0.39 is 5.97 Å². The lowest BCUT2D eigenvalue weighted by molar-refractivity contribution is 0.0695. The van der Waals surface area contributed by atoms with Crippen LogP contribution in [0.1, 0.15) is 22.3 Å². The highest BCUT2D eigenvalue weighted by atomic mass is 16.5. The van der Waals surface area contributed by atoms with E-state index in [1.165, 1.54) is 0 Å². The summed E-state index contributed by atoms with van der Waals surface area (Å²) >= 11 is 0. The normalized spacial score (nSPS) is 10.1. The summed E-state index contributed by atoms with van der Waals surface area (Å²) in [6.07, 6.45) is 0.785. The van der Waals surface area contributed by atoms with E-state index in [9.17, 15) is 4.79 Å². The van der Waals surface area contributed by atoms with Gasteiger partial charge in [0.1, 0.15) is 5.75 Å². The van der Waals surface area contributed by atoms with E-state index in [2.05, 4.69) is 0 Å². The molecule has 4 nitrogen and oxygen atoms in total. The molecule has 0 atom stereocenters. The summed E-state index contributed by atoms with van der Waals surface area (Å²) in [5.74, 6) is -0.309. The van der Waals surface area contributed by atoms with Crippen LogP contribution >= 0.6 is 0 Å². The zero-order valence-corrected chi connectivity index (χ0v) is 9.53. The molecule has 0 radical (unpaired) electrons. The molecule has 1 aromatic rings. The number of ether oxygens (including phenoxy) is 2. The summed E-state index contributed by atoms with van der Waals surface area (Å²) in [6.45, 7) is 2.91. The van der Waals surface area contributed by atoms with Gasteiger partial charge in [0.05, 0.1) is 12.2 Å². The molecule has 0 bridgehead atoms. The monoisotopic (exact) mass is 224 g/mol. The van der Waals surface area contributed by atoms with E-state index in [1.54, 1.807) is 32.2 Å². The van der Waals surface area contributed by atoms with Crippen LogP contribution in [-0.4, -0.2) is 31.4 Å². The minimum atomic E-state index is -0.931. The van der Waals surface area contributed by atoms with Gasteiger partial charge < -0.3 is 14.6 Å². The average molecular weight is 224 g/mol. The van der Waals surface area contributed by atoms with Gasteiger partial charge in [-0.25, -0.2) is 4.79 Å². The fourth-order valence-corrected chi connectivity index (χ4v) is 1.39. The van der Waals surface area contributed by atoms with E-state index in [0.717, 1.165) is 6.42 Å². The topological polar surface area (TPSA) is 55.8 Å². The number of hydrogen-bond donors (Lipinski definition) is 1. The molecule has 1 aromatic carbocycles. The fourth-order valence-electron chi connectivity index (χ4n) is 1.39. The number of benzene rings is 1. The van der Waals surface area contributed by atoms with Crippen LogP contribution in [0.4, 0.5) is 0 Å². The lowest BCUT2D eigenvalue weighted by Gasteiger charge is -2.10. The van der Waals surface area contributed by atoms with Crippen molar-refractivity contribution in [3.8, 4) is 5.75 Å². The van der Waals surface area contributed by atoms with Gasteiger partial charge >= 0.3 is 5.97 Å². The van der Waals surface area contributed by atoms with Crippen molar-refractivity contribution in [1.29, 1.82) is 0 Å². The predicted molar refractivity (Wildman–Crippen MR) is 60.1 cm³/mol. The van der Waals surface area contributed by atoms with Gasteiger partial charge in [0.15, 0.2) is 0 Å². The molecule has 0 heterocycles. The largest absolute Gasteiger partial charge is 0.493 e. The summed E-state index contributed by atoms with van der Waals surface area (Å²) < 4.78 is 10.4. The summed E-state index contributed by atoms with van der Waals surface area (Å²) in [5, 5.41) is 8.92. The van der Waals surface area contributed by atoms with Crippen molar-refractivity contribution >= 4 is 5.97 Å². The van der Waals surface area contributed by atoms with E-state index in [4.69, 9.17) is 14.6 Å². The van der Waals surface area contributed by atoms with Gasteiger partial charge in [-0.1, -0.05) is 6.07 Å². The smallest absolute Gasteiger partial charge is 0.336 e. The molecule has 0 aliphatic heterocycles. The van der Waals surface area contributed by atoms with Crippen LogP contribution in [0, 0.1) is 6.92 Å². The zero-order chi connectivity index (χ0) is 12.0. The fraction of sp³-hybridized carbons (Fsp3) is 0.417. The maximum absolute atomic E-state index is 10.9. The van der Waals surface area contributed by atoms with E-state index in [1.807, 2.05) is 0 Å². The molecule has 0 unspecified atom stereocenters. The van der Waals surface area contributed by atoms with Crippen molar-refractivity contribution in [2.24, 2.45) is 0 Å². The van der Waals surface area contributed by atoms with Crippen molar-refractivity contribution < 1.29 is 19.4 Å². The number of carbonyl (C=O) groups is 1. The third-order valence-corrected chi connectivity index (χ3v) is 2.26. The molecule has 0 amide bonds. The molecule has 0 fully saturated rings. The molecule has 0 spiro atoms. The van der Waals surface area contributed by atoms with E-state index in [0.29, 0.717) is 24.5 Å².